The average molecular weight is 197 g/mol. The second-order valence-electron chi connectivity index (χ2n) is 4.65. The molecule has 0 aliphatic carbocycles. The van der Waals surface area contributed by atoms with E-state index in [1.165, 1.54) is 0 Å². The average Bonchev–Trinajstić information content (AvgIpc) is 2.76. The number of carbonyl (C=O) groups is 1. The van der Waals surface area contributed by atoms with Gasteiger partial charge in [-0.2, -0.15) is 0 Å². The van der Waals surface area contributed by atoms with Crippen LogP contribution >= 0.6 is 0 Å². The molecule has 0 aromatic rings. The summed E-state index contributed by atoms with van der Waals surface area (Å²) in [6.07, 6.45) is 3.77. The summed E-state index contributed by atoms with van der Waals surface area (Å²) < 4.78 is 5.24. The van der Waals surface area contributed by atoms with Gasteiger partial charge in [-0.15, -0.1) is 6.58 Å². The summed E-state index contributed by atoms with van der Waals surface area (Å²) in [6, 6.07) is 0.206. The molecular formula is C11H19NO2. The summed E-state index contributed by atoms with van der Waals surface area (Å²) in [6.45, 7) is 9.29. The van der Waals surface area contributed by atoms with Gasteiger partial charge in [0.1, 0.15) is 11.6 Å². The summed E-state index contributed by atoms with van der Waals surface area (Å²) >= 11 is 0. The molecule has 0 aromatic carbocycles. The molecule has 0 bridgehead atoms. The highest BCUT2D eigenvalue weighted by molar-refractivity contribution is 5.80. The van der Waals surface area contributed by atoms with Crippen LogP contribution in [0, 0.1) is 0 Å². The molecule has 0 aromatic heterocycles. The normalized spacial score (nSPS) is 25.6. The predicted octanol–water partition coefficient (Wildman–Crippen LogP) is 1.63. The Labute approximate surface area is 85.5 Å². The highest BCUT2D eigenvalue weighted by atomic mass is 16.6. The molecule has 0 radical (unpaired) electrons. The molecule has 1 rings (SSSR count). The first-order valence-electron chi connectivity index (χ1n) is 5.04. The first-order valence-corrected chi connectivity index (χ1v) is 5.04. The fourth-order valence-electron chi connectivity index (χ4n) is 1.32. The molecule has 0 saturated carbocycles. The summed E-state index contributed by atoms with van der Waals surface area (Å²) in [4.78, 5) is 11.5. The minimum Gasteiger partial charge on any atom is -0.459 e. The van der Waals surface area contributed by atoms with Crippen molar-refractivity contribution in [1.82, 2.24) is 5.32 Å². The monoisotopic (exact) mass is 197 g/mol. The molecule has 0 unspecified atom stereocenters. The summed E-state index contributed by atoms with van der Waals surface area (Å²) in [5.74, 6) is -0.133. The van der Waals surface area contributed by atoms with Gasteiger partial charge in [0.2, 0.25) is 0 Å². The molecule has 1 aliphatic rings. The minimum absolute atomic E-state index is 0.0887. The van der Waals surface area contributed by atoms with Crippen LogP contribution in [0.1, 0.15) is 33.6 Å². The fourth-order valence-corrected chi connectivity index (χ4v) is 1.32. The van der Waals surface area contributed by atoms with Gasteiger partial charge in [-0.05, 0) is 33.6 Å². The molecule has 1 saturated heterocycles. The van der Waals surface area contributed by atoms with Gasteiger partial charge in [-0.25, -0.2) is 0 Å². The third kappa shape index (κ3) is 3.50. The van der Waals surface area contributed by atoms with Crippen LogP contribution in [0.4, 0.5) is 0 Å². The van der Waals surface area contributed by atoms with Crippen molar-refractivity contribution < 1.29 is 9.53 Å². The molecule has 80 valence electrons. The van der Waals surface area contributed by atoms with E-state index in [0.29, 0.717) is 6.04 Å². The van der Waals surface area contributed by atoms with Gasteiger partial charge in [0.25, 0.3) is 0 Å². The van der Waals surface area contributed by atoms with E-state index in [9.17, 15) is 4.79 Å². The van der Waals surface area contributed by atoms with Crippen LogP contribution in [0.3, 0.4) is 0 Å². The molecule has 3 nitrogen and oxygen atoms in total. The van der Waals surface area contributed by atoms with E-state index >= 15 is 0 Å². The first-order chi connectivity index (χ1) is 6.44. The lowest BCUT2D eigenvalue weighted by Gasteiger charge is -2.18. The summed E-state index contributed by atoms with van der Waals surface area (Å²) in [7, 11) is 0. The molecule has 1 aliphatic heterocycles. The van der Waals surface area contributed by atoms with Crippen molar-refractivity contribution in [1.29, 1.82) is 0 Å². The van der Waals surface area contributed by atoms with Gasteiger partial charge >= 0.3 is 5.97 Å². The Morgan fingerprint density at radius 2 is 2.21 bits per heavy atom. The number of carbonyl (C=O) groups excluding carboxylic acids is 1. The Morgan fingerprint density at radius 1 is 1.57 bits per heavy atom. The van der Waals surface area contributed by atoms with Gasteiger partial charge in [0.05, 0.1) is 0 Å². The van der Waals surface area contributed by atoms with Crippen LogP contribution in [0.25, 0.3) is 0 Å². The Bertz CT molecular complexity index is 230. The largest absolute Gasteiger partial charge is 0.459 e. The van der Waals surface area contributed by atoms with Crippen LogP contribution in [0.2, 0.25) is 0 Å². The van der Waals surface area contributed by atoms with Crippen LogP contribution < -0.4 is 5.32 Å². The lowest BCUT2D eigenvalue weighted by molar-refractivity contribution is -0.154. The molecule has 1 fully saturated rings. The predicted molar refractivity (Wildman–Crippen MR) is 56.0 cm³/mol. The topological polar surface area (TPSA) is 48.2 Å². The van der Waals surface area contributed by atoms with E-state index in [2.05, 4.69) is 11.9 Å². The second-order valence-corrected chi connectivity index (χ2v) is 4.65. The zero-order valence-corrected chi connectivity index (χ0v) is 9.17. The number of allylic oxidation sites excluding steroid dienone is 1. The van der Waals surface area contributed by atoms with Gasteiger partial charge < -0.3 is 4.74 Å². The quantitative estimate of drug-likeness (QED) is 0.423. The van der Waals surface area contributed by atoms with Gasteiger partial charge in [0, 0.05) is 6.04 Å². The molecule has 0 spiro atoms. The van der Waals surface area contributed by atoms with Crippen LogP contribution in [0.15, 0.2) is 12.7 Å². The Hall–Kier alpha value is -0.830. The lowest BCUT2D eigenvalue weighted by Crippen LogP contribution is -2.28. The van der Waals surface area contributed by atoms with Crippen molar-refractivity contribution in [2.75, 3.05) is 0 Å². The van der Waals surface area contributed by atoms with E-state index in [-0.39, 0.29) is 17.6 Å². The van der Waals surface area contributed by atoms with Crippen LogP contribution in [-0.4, -0.2) is 23.7 Å². The van der Waals surface area contributed by atoms with Crippen LogP contribution in [-0.2, 0) is 9.53 Å². The number of hydrogen-bond acceptors (Lipinski definition) is 3. The minimum atomic E-state index is -0.385. The van der Waals surface area contributed by atoms with E-state index < -0.39 is 0 Å². The van der Waals surface area contributed by atoms with Gasteiger partial charge in [-0.1, -0.05) is 6.08 Å². The molecule has 3 heteroatoms. The molecule has 1 heterocycles. The Balaban J connectivity index is 2.25. The van der Waals surface area contributed by atoms with Crippen molar-refractivity contribution in [2.24, 2.45) is 0 Å². The number of rotatable bonds is 4. The smallest absolute Gasteiger partial charge is 0.325 e. The molecule has 0 amide bonds. The Kier molecular flexibility index (Phi) is 3.32. The number of ether oxygens (including phenoxy) is 1. The van der Waals surface area contributed by atoms with Crippen molar-refractivity contribution in [3.8, 4) is 0 Å². The van der Waals surface area contributed by atoms with E-state index in [4.69, 9.17) is 4.74 Å². The zero-order valence-electron chi connectivity index (χ0n) is 9.17. The number of hydrogen-bond donors (Lipinski definition) is 1. The second kappa shape index (κ2) is 4.13. The third-order valence-corrected chi connectivity index (χ3v) is 2.03. The summed E-state index contributed by atoms with van der Waals surface area (Å²) in [5, 5.41) is 3.10. The molecule has 1 N–H and O–H groups in total. The SMILES string of the molecule is C=CCC[C@H]1N[C@@H]1C(=O)OC(C)(C)C. The van der Waals surface area contributed by atoms with Crippen molar-refractivity contribution in [3.05, 3.63) is 12.7 Å². The lowest BCUT2D eigenvalue weighted by atomic mass is 10.1. The maximum atomic E-state index is 11.5. The van der Waals surface area contributed by atoms with Gasteiger partial charge in [0.15, 0.2) is 0 Å². The first kappa shape index (κ1) is 11.2. The van der Waals surface area contributed by atoms with E-state index in [1.54, 1.807) is 0 Å². The zero-order chi connectivity index (χ0) is 10.8. The maximum absolute atomic E-state index is 11.5. The van der Waals surface area contributed by atoms with Crippen molar-refractivity contribution in [2.45, 2.75) is 51.3 Å². The van der Waals surface area contributed by atoms with Crippen molar-refractivity contribution >= 4 is 5.97 Å². The fraction of sp³-hybridized carbons (Fsp3) is 0.727. The molecular weight excluding hydrogens is 178 g/mol. The Morgan fingerprint density at radius 3 is 2.71 bits per heavy atom. The molecule has 2 atom stereocenters. The standard InChI is InChI=1S/C11H19NO2/c1-5-6-7-8-9(12-8)10(13)14-11(2,3)4/h5,8-9,12H,1,6-7H2,2-4H3/t8-,9+/m1/s1. The van der Waals surface area contributed by atoms with Crippen molar-refractivity contribution in [3.63, 3.8) is 0 Å². The number of nitrogens with one attached hydrogen (secondary N) is 1. The molecule has 14 heavy (non-hydrogen) atoms. The van der Waals surface area contributed by atoms with E-state index in [1.807, 2.05) is 26.8 Å². The van der Waals surface area contributed by atoms with E-state index in [0.717, 1.165) is 12.8 Å². The summed E-state index contributed by atoms with van der Waals surface area (Å²) in [5.41, 5.74) is -0.385. The van der Waals surface area contributed by atoms with Gasteiger partial charge in [-0.3, -0.25) is 10.1 Å². The third-order valence-electron chi connectivity index (χ3n) is 2.03. The highest BCUT2D eigenvalue weighted by Crippen LogP contribution is 2.20. The van der Waals surface area contributed by atoms with Crippen LogP contribution in [0.5, 0.6) is 0 Å². The maximum Gasteiger partial charge on any atom is 0.325 e. The number of esters is 1. The highest BCUT2D eigenvalue weighted by Gasteiger charge is 2.43.